The van der Waals surface area contributed by atoms with E-state index in [4.69, 9.17) is 4.98 Å². The highest BCUT2D eigenvalue weighted by molar-refractivity contribution is 7.13. The highest BCUT2D eigenvalue weighted by Gasteiger charge is 2.20. The third-order valence-corrected chi connectivity index (χ3v) is 8.30. The number of nitrogens with one attached hydrogen (secondary N) is 1. The van der Waals surface area contributed by atoms with Crippen molar-refractivity contribution >= 4 is 46.4 Å². The molecule has 1 aliphatic rings. The zero-order chi connectivity index (χ0) is 25.9. The molecule has 1 saturated heterocycles. The molecule has 0 aliphatic carbocycles. The van der Waals surface area contributed by atoms with Gasteiger partial charge >= 0.3 is 0 Å². The Kier molecular flexibility index (Phi) is 8.45. The van der Waals surface area contributed by atoms with Gasteiger partial charge in [-0.05, 0) is 67.6 Å². The molecule has 0 spiro atoms. The summed E-state index contributed by atoms with van der Waals surface area (Å²) in [5.41, 5.74) is 6.82. The van der Waals surface area contributed by atoms with E-state index in [2.05, 4.69) is 91.3 Å². The van der Waals surface area contributed by atoms with Crippen LogP contribution in [-0.4, -0.2) is 63.7 Å². The highest BCUT2D eigenvalue weighted by Crippen LogP contribution is 2.32. The van der Waals surface area contributed by atoms with Crippen LogP contribution >= 0.6 is 23.7 Å². The van der Waals surface area contributed by atoms with E-state index in [1.165, 1.54) is 16.8 Å². The van der Waals surface area contributed by atoms with Crippen LogP contribution in [0.1, 0.15) is 17.5 Å². The summed E-state index contributed by atoms with van der Waals surface area (Å²) in [4.78, 5) is 20.4. The number of halogens is 1. The van der Waals surface area contributed by atoms with E-state index in [0.717, 1.165) is 79.1 Å². The molecule has 1 aliphatic heterocycles. The van der Waals surface area contributed by atoms with E-state index in [1.54, 1.807) is 17.7 Å². The van der Waals surface area contributed by atoms with Crippen LogP contribution < -0.4 is 10.2 Å². The molecule has 0 atom stereocenters. The van der Waals surface area contributed by atoms with Gasteiger partial charge in [0.05, 0.1) is 4.88 Å². The molecule has 39 heavy (non-hydrogen) atoms. The number of fused-ring (bicyclic) bond motifs is 1. The molecule has 0 radical (unpaired) electrons. The molecule has 7 nitrogen and oxygen atoms in total. The van der Waals surface area contributed by atoms with Crippen LogP contribution in [0.2, 0.25) is 0 Å². The number of para-hydroxylation sites is 1. The third kappa shape index (κ3) is 5.64. The Morgan fingerprint density at radius 2 is 1.72 bits per heavy atom. The number of thiophene rings is 1. The quantitative estimate of drug-likeness (QED) is 0.228. The summed E-state index contributed by atoms with van der Waals surface area (Å²) in [6, 6.07) is 21.1. The molecule has 6 rings (SSSR count). The van der Waals surface area contributed by atoms with Crippen molar-refractivity contribution in [1.29, 1.82) is 0 Å². The van der Waals surface area contributed by atoms with Crippen molar-refractivity contribution in [2.75, 3.05) is 49.5 Å². The van der Waals surface area contributed by atoms with Gasteiger partial charge in [0.15, 0.2) is 22.8 Å². The van der Waals surface area contributed by atoms with Crippen LogP contribution in [0, 0.1) is 13.8 Å². The number of hydrogen-bond acceptors (Lipinski definition) is 7. The first kappa shape index (κ1) is 27.1. The standard InChI is InChI=1S/C30H33N7S.ClH/c1-22-9-6-12-25(23(22)2)36-18-16-35(17-19-36)15-8-14-31-28-27-30(33-21-32-28)37(24-10-4-3-5-11-24)29(34-27)26-13-7-20-38-26;/h3-7,9-13,20-21H,8,14-19H2,1-2H3,(H,31,32,33);1H. The SMILES string of the molecule is Cc1cccc(N2CCN(CCCNc3ncnc4c3nc(-c3cccs3)n4-c3ccccc3)CC2)c1C.Cl. The first-order chi connectivity index (χ1) is 18.7. The molecule has 9 heteroatoms. The molecule has 0 saturated carbocycles. The number of hydrogen-bond donors (Lipinski definition) is 1. The van der Waals surface area contributed by atoms with Crippen LogP contribution in [0.3, 0.4) is 0 Å². The minimum absolute atomic E-state index is 0. The molecule has 0 unspecified atom stereocenters. The lowest BCUT2D eigenvalue weighted by Crippen LogP contribution is -2.47. The van der Waals surface area contributed by atoms with Gasteiger partial charge in [-0.3, -0.25) is 9.47 Å². The van der Waals surface area contributed by atoms with E-state index in [1.807, 2.05) is 18.2 Å². The van der Waals surface area contributed by atoms with Crippen molar-refractivity contribution in [3.05, 3.63) is 83.5 Å². The minimum atomic E-state index is 0. The summed E-state index contributed by atoms with van der Waals surface area (Å²) in [6.07, 6.45) is 2.68. The number of piperazine rings is 1. The lowest BCUT2D eigenvalue weighted by molar-refractivity contribution is 0.257. The molecule has 5 aromatic rings. The normalized spacial score (nSPS) is 13.9. The fourth-order valence-electron chi connectivity index (χ4n) is 5.21. The van der Waals surface area contributed by atoms with Crippen LogP contribution in [0.5, 0.6) is 0 Å². The Balaban J connectivity index is 0.00000308. The van der Waals surface area contributed by atoms with Crippen LogP contribution in [-0.2, 0) is 0 Å². The van der Waals surface area contributed by atoms with Crippen molar-refractivity contribution < 1.29 is 0 Å². The Morgan fingerprint density at radius 1 is 0.897 bits per heavy atom. The van der Waals surface area contributed by atoms with Crippen molar-refractivity contribution in [3.8, 4) is 16.4 Å². The minimum Gasteiger partial charge on any atom is -0.369 e. The zero-order valence-electron chi connectivity index (χ0n) is 22.4. The fourth-order valence-corrected chi connectivity index (χ4v) is 5.92. The molecular weight excluding hydrogens is 526 g/mol. The summed E-state index contributed by atoms with van der Waals surface area (Å²) < 4.78 is 2.13. The maximum atomic E-state index is 5.02. The van der Waals surface area contributed by atoms with E-state index in [-0.39, 0.29) is 12.4 Å². The third-order valence-electron chi connectivity index (χ3n) is 7.43. The van der Waals surface area contributed by atoms with Gasteiger partial charge in [-0.2, -0.15) is 0 Å². The first-order valence-electron chi connectivity index (χ1n) is 13.3. The second kappa shape index (κ2) is 12.2. The van der Waals surface area contributed by atoms with E-state index >= 15 is 0 Å². The van der Waals surface area contributed by atoms with Crippen molar-refractivity contribution in [3.63, 3.8) is 0 Å². The summed E-state index contributed by atoms with van der Waals surface area (Å²) in [7, 11) is 0. The summed E-state index contributed by atoms with van der Waals surface area (Å²) in [5, 5.41) is 5.63. The number of rotatable bonds is 8. The smallest absolute Gasteiger partial charge is 0.170 e. The summed E-state index contributed by atoms with van der Waals surface area (Å²) in [5.74, 6) is 1.69. The highest BCUT2D eigenvalue weighted by atomic mass is 35.5. The van der Waals surface area contributed by atoms with Gasteiger partial charge in [-0.1, -0.05) is 36.4 Å². The number of anilines is 2. The van der Waals surface area contributed by atoms with Crippen LogP contribution in [0.15, 0.2) is 72.4 Å². The molecule has 202 valence electrons. The Hall–Kier alpha value is -3.46. The molecule has 1 N–H and O–H groups in total. The largest absolute Gasteiger partial charge is 0.369 e. The first-order valence-corrected chi connectivity index (χ1v) is 14.2. The Labute approximate surface area is 240 Å². The van der Waals surface area contributed by atoms with E-state index in [0.29, 0.717) is 0 Å². The number of imidazole rings is 1. The number of aromatic nitrogens is 4. The number of aryl methyl sites for hydroxylation is 1. The van der Waals surface area contributed by atoms with Gasteiger partial charge in [-0.25, -0.2) is 15.0 Å². The maximum absolute atomic E-state index is 5.02. The van der Waals surface area contributed by atoms with Crippen molar-refractivity contribution in [2.45, 2.75) is 20.3 Å². The topological polar surface area (TPSA) is 62.1 Å². The monoisotopic (exact) mass is 559 g/mol. The molecule has 1 fully saturated rings. The predicted octanol–water partition coefficient (Wildman–Crippen LogP) is 6.21. The van der Waals surface area contributed by atoms with Gasteiger partial charge in [0, 0.05) is 44.1 Å². The Bertz CT molecular complexity index is 1510. The average Bonchev–Trinajstić information content (AvgIpc) is 3.62. The van der Waals surface area contributed by atoms with Crippen molar-refractivity contribution in [2.24, 2.45) is 0 Å². The zero-order valence-corrected chi connectivity index (χ0v) is 24.0. The lowest BCUT2D eigenvalue weighted by atomic mass is 10.1. The summed E-state index contributed by atoms with van der Waals surface area (Å²) >= 11 is 1.68. The number of benzene rings is 2. The molecule has 3 aromatic heterocycles. The maximum Gasteiger partial charge on any atom is 0.170 e. The van der Waals surface area contributed by atoms with Crippen molar-refractivity contribution in [1.82, 2.24) is 24.4 Å². The summed E-state index contributed by atoms with van der Waals surface area (Å²) in [6.45, 7) is 10.7. The number of nitrogens with zero attached hydrogens (tertiary/aromatic N) is 6. The second-order valence-corrected chi connectivity index (χ2v) is 10.8. The van der Waals surface area contributed by atoms with Gasteiger partial charge in [0.1, 0.15) is 6.33 Å². The van der Waals surface area contributed by atoms with Gasteiger partial charge in [0.2, 0.25) is 0 Å². The fraction of sp³-hybridized carbons (Fsp3) is 0.300. The Morgan fingerprint density at radius 3 is 2.49 bits per heavy atom. The van der Waals surface area contributed by atoms with Gasteiger partial charge in [-0.15, -0.1) is 23.7 Å². The van der Waals surface area contributed by atoms with Crippen LogP contribution in [0.25, 0.3) is 27.6 Å². The van der Waals surface area contributed by atoms with E-state index in [9.17, 15) is 0 Å². The predicted molar refractivity (Wildman–Crippen MR) is 165 cm³/mol. The molecule has 0 bridgehead atoms. The lowest BCUT2D eigenvalue weighted by Gasteiger charge is -2.37. The molecule has 2 aromatic carbocycles. The van der Waals surface area contributed by atoms with Crippen LogP contribution in [0.4, 0.5) is 11.5 Å². The van der Waals surface area contributed by atoms with E-state index < -0.39 is 0 Å². The average molecular weight is 560 g/mol. The second-order valence-electron chi connectivity index (χ2n) is 9.81. The molecular formula is C30H34ClN7S. The molecule has 0 amide bonds. The van der Waals surface area contributed by atoms with Gasteiger partial charge < -0.3 is 10.2 Å². The van der Waals surface area contributed by atoms with Gasteiger partial charge in [0.25, 0.3) is 0 Å². The molecule has 4 heterocycles.